The van der Waals surface area contributed by atoms with E-state index >= 15 is 0 Å². The van der Waals surface area contributed by atoms with E-state index in [1.807, 2.05) is 25.1 Å². The number of hydrogen-bond acceptors (Lipinski definition) is 6. The van der Waals surface area contributed by atoms with Crippen LogP contribution in [0.25, 0.3) is 0 Å². The Balaban J connectivity index is 1.35. The Hall–Kier alpha value is -4.26. The second-order valence-electron chi connectivity index (χ2n) is 7.50. The van der Waals surface area contributed by atoms with Gasteiger partial charge in [-0.15, -0.1) is 0 Å². The van der Waals surface area contributed by atoms with Crippen LogP contribution in [0, 0.1) is 6.92 Å². The third-order valence-electron chi connectivity index (χ3n) is 5.25. The summed E-state index contributed by atoms with van der Waals surface area (Å²) in [6.07, 6.45) is -0.0217. The van der Waals surface area contributed by atoms with Crippen LogP contribution in [-0.2, 0) is 14.3 Å². The molecule has 0 spiro atoms. The van der Waals surface area contributed by atoms with Crippen LogP contribution in [0.4, 0.5) is 5.69 Å². The zero-order valence-electron chi connectivity index (χ0n) is 17.9. The summed E-state index contributed by atoms with van der Waals surface area (Å²) in [7, 11) is 0. The number of fused-ring (bicyclic) bond motifs is 2. The van der Waals surface area contributed by atoms with Gasteiger partial charge in [-0.2, -0.15) is 0 Å². The lowest BCUT2D eigenvalue weighted by molar-refractivity contribution is -0.147. The summed E-state index contributed by atoms with van der Waals surface area (Å²) in [5.41, 5.74) is 2.13. The molecule has 1 amide bonds. The van der Waals surface area contributed by atoms with Crippen molar-refractivity contribution in [1.29, 1.82) is 0 Å². The minimum Gasteiger partial charge on any atom is -0.493 e. The molecule has 0 heterocycles. The fourth-order valence-electron chi connectivity index (χ4n) is 3.62. The summed E-state index contributed by atoms with van der Waals surface area (Å²) in [4.78, 5) is 50.1. The SMILES string of the molecule is Cc1ccccc1OCCC(=O)OCC(=O)Nc1cccc2c1C(=O)c1ccccc1C2=O. The van der Waals surface area contributed by atoms with Crippen molar-refractivity contribution in [2.24, 2.45) is 0 Å². The van der Waals surface area contributed by atoms with Gasteiger partial charge in [0.25, 0.3) is 5.91 Å². The van der Waals surface area contributed by atoms with E-state index in [-0.39, 0.29) is 47.0 Å². The van der Waals surface area contributed by atoms with E-state index < -0.39 is 18.5 Å². The molecule has 3 aromatic carbocycles. The van der Waals surface area contributed by atoms with Crippen molar-refractivity contribution in [3.63, 3.8) is 0 Å². The van der Waals surface area contributed by atoms with E-state index in [1.54, 1.807) is 42.5 Å². The van der Waals surface area contributed by atoms with Crippen molar-refractivity contribution in [1.82, 2.24) is 0 Å². The zero-order chi connectivity index (χ0) is 23.4. The normalized spacial score (nSPS) is 11.9. The molecule has 7 heteroatoms. The van der Waals surface area contributed by atoms with Gasteiger partial charge in [-0.3, -0.25) is 19.2 Å². The molecule has 33 heavy (non-hydrogen) atoms. The topological polar surface area (TPSA) is 98.8 Å². The highest BCUT2D eigenvalue weighted by molar-refractivity contribution is 6.30. The average molecular weight is 443 g/mol. The maximum absolute atomic E-state index is 13.0. The fraction of sp³-hybridized carbons (Fsp3) is 0.154. The molecule has 3 aromatic rings. The van der Waals surface area contributed by atoms with Crippen molar-refractivity contribution >= 4 is 29.1 Å². The Morgan fingerprint density at radius 3 is 2.24 bits per heavy atom. The molecule has 166 valence electrons. The van der Waals surface area contributed by atoms with Crippen LogP contribution in [0.3, 0.4) is 0 Å². The lowest BCUT2D eigenvalue weighted by Crippen LogP contribution is -2.26. The lowest BCUT2D eigenvalue weighted by atomic mass is 9.83. The molecule has 0 atom stereocenters. The highest BCUT2D eigenvalue weighted by Gasteiger charge is 2.31. The van der Waals surface area contributed by atoms with Crippen LogP contribution in [0.15, 0.2) is 66.7 Å². The van der Waals surface area contributed by atoms with E-state index in [2.05, 4.69) is 5.32 Å². The van der Waals surface area contributed by atoms with Crippen molar-refractivity contribution < 1.29 is 28.7 Å². The van der Waals surface area contributed by atoms with Crippen LogP contribution >= 0.6 is 0 Å². The summed E-state index contributed by atoms with van der Waals surface area (Å²) >= 11 is 0. The number of rotatable bonds is 7. The number of hydrogen-bond donors (Lipinski definition) is 1. The van der Waals surface area contributed by atoms with Gasteiger partial charge in [0.1, 0.15) is 5.75 Å². The highest BCUT2D eigenvalue weighted by atomic mass is 16.5. The molecule has 4 rings (SSSR count). The second-order valence-corrected chi connectivity index (χ2v) is 7.50. The maximum Gasteiger partial charge on any atom is 0.309 e. The number of carbonyl (C=O) groups excluding carboxylic acids is 4. The van der Waals surface area contributed by atoms with Gasteiger partial charge in [0, 0.05) is 16.7 Å². The number of anilines is 1. The lowest BCUT2D eigenvalue weighted by Gasteiger charge is -2.20. The first-order valence-corrected chi connectivity index (χ1v) is 10.4. The fourth-order valence-corrected chi connectivity index (χ4v) is 3.62. The first-order chi connectivity index (χ1) is 16.0. The number of aryl methyl sites for hydroxylation is 1. The van der Waals surface area contributed by atoms with Gasteiger partial charge in [-0.1, -0.05) is 54.6 Å². The maximum atomic E-state index is 13.0. The molecular weight excluding hydrogens is 422 g/mol. The van der Waals surface area contributed by atoms with Gasteiger partial charge < -0.3 is 14.8 Å². The first-order valence-electron chi connectivity index (χ1n) is 10.4. The standard InChI is InChI=1S/C26H21NO6/c1-16-7-2-5-12-21(16)32-14-13-23(29)33-15-22(28)27-20-11-6-10-19-24(20)26(31)18-9-4-3-8-17(18)25(19)30/h2-12H,13-15H2,1H3,(H,27,28). The Morgan fingerprint density at radius 1 is 0.818 bits per heavy atom. The number of carbonyl (C=O) groups is 4. The van der Waals surface area contributed by atoms with Gasteiger partial charge in [0.15, 0.2) is 18.2 Å². The second kappa shape index (κ2) is 9.48. The van der Waals surface area contributed by atoms with Crippen LogP contribution in [-0.4, -0.2) is 36.7 Å². The van der Waals surface area contributed by atoms with E-state index in [0.717, 1.165) is 5.56 Å². The van der Waals surface area contributed by atoms with E-state index in [9.17, 15) is 19.2 Å². The minimum atomic E-state index is -0.615. The van der Waals surface area contributed by atoms with Gasteiger partial charge in [-0.25, -0.2) is 0 Å². The van der Waals surface area contributed by atoms with Gasteiger partial charge in [0.05, 0.1) is 24.3 Å². The van der Waals surface area contributed by atoms with Gasteiger partial charge >= 0.3 is 5.97 Å². The number of para-hydroxylation sites is 1. The van der Waals surface area contributed by atoms with Crippen molar-refractivity contribution in [3.05, 3.63) is 94.5 Å². The highest BCUT2D eigenvalue weighted by Crippen LogP contribution is 2.31. The molecule has 0 saturated heterocycles. The number of ether oxygens (including phenoxy) is 2. The molecule has 1 aliphatic carbocycles. The Morgan fingerprint density at radius 2 is 1.48 bits per heavy atom. The Bertz CT molecular complexity index is 1260. The number of amides is 1. The molecular formula is C26H21NO6. The third-order valence-corrected chi connectivity index (χ3v) is 5.25. The largest absolute Gasteiger partial charge is 0.493 e. The number of esters is 1. The molecule has 0 fully saturated rings. The van der Waals surface area contributed by atoms with Crippen molar-refractivity contribution in [2.45, 2.75) is 13.3 Å². The zero-order valence-corrected chi connectivity index (χ0v) is 17.9. The van der Waals surface area contributed by atoms with Gasteiger partial charge in [0.2, 0.25) is 0 Å². The average Bonchev–Trinajstić information content (AvgIpc) is 2.82. The molecule has 1 aliphatic rings. The van der Waals surface area contributed by atoms with E-state index in [1.165, 1.54) is 6.07 Å². The summed E-state index contributed by atoms with van der Waals surface area (Å²) in [6.45, 7) is 1.50. The van der Waals surface area contributed by atoms with Crippen molar-refractivity contribution in [3.8, 4) is 5.75 Å². The quantitative estimate of drug-likeness (QED) is 0.437. The Kier molecular flexibility index (Phi) is 6.31. The van der Waals surface area contributed by atoms with Crippen LogP contribution in [0.1, 0.15) is 43.8 Å². The predicted molar refractivity (Wildman–Crippen MR) is 121 cm³/mol. The summed E-state index contributed by atoms with van der Waals surface area (Å²) in [5, 5.41) is 2.58. The minimum absolute atomic E-state index is 0.0217. The Labute approximate surface area is 190 Å². The van der Waals surface area contributed by atoms with Crippen molar-refractivity contribution in [2.75, 3.05) is 18.5 Å². The van der Waals surface area contributed by atoms with Gasteiger partial charge in [-0.05, 0) is 24.6 Å². The summed E-state index contributed by atoms with van der Waals surface area (Å²) < 4.78 is 10.6. The molecule has 7 nitrogen and oxygen atoms in total. The summed E-state index contributed by atoms with van der Waals surface area (Å²) in [6, 6.07) is 18.7. The molecule has 0 aromatic heterocycles. The van der Waals surface area contributed by atoms with Crippen LogP contribution in [0.2, 0.25) is 0 Å². The smallest absolute Gasteiger partial charge is 0.309 e. The number of benzene rings is 3. The van der Waals surface area contributed by atoms with E-state index in [4.69, 9.17) is 9.47 Å². The summed E-state index contributed by atoms with van der Waals surface area (Å²) in [5.74, 6) is -1.15. The number of ketones is 2. The molecule has 0 bridgehead atoms. The molecule has 0 radical (unpaired) electrons. The first kappa shape index (κ1) is 22.0. The molecule has 1 N–H and O–H groups in total. The molecule has 0 unspecified atom stereocenters. The van der Waals surface area contributed by atoms with Crippen LogP contribution in [0.5, 0.6) is 5.75 Å². The molecule has 0 aliphatic heterocycles. The predicted octanol–water partition coefficient (Wildman–Crippen LogP) is 3.72. The van der Waals surface area contributed by atoms with Crippen LogP contribution < -0.4 is 10.1 Å². The number of nitrogens with one attached hydrogen (secondary N) is 1. The molecule has 0 saturated carbocycles. The van der Waals surface area contributed by atoms with E-state index in [0.29, 0.717) is 11.3 Å². The monoisotopic (exact) mass is 443 g/mol. The third kappa shape index (κ3) is 4.67.